The van der Waals surface area contributed by atoms with Crippen LogP contribution in [0.1, 0.15) is 16.1 Å². The first-order valence-electron chi connectivity index (χ1n) is 13.6. The zero-order chi connectivity index (χ0) is 31.4. The van der Waals surface area contributed by atoms with Crippen molar-refractivity contribution in [2.75, 3.05) is 46.5 Å². The normalized spacial score (nSPS) is 10.8. The van der Waals surface area contributed by atoms with Gasteiger partial charge < -0.3 is 34.7 Å². The third kappa shape index (κ3) is 5.54. The molecule has 0 atom stereocenters. The molecule has 0 aliphatic heterocycles. The fourth-order valence-corrected chi connectivity index (χ4v) is 4.98. The number of hydrogen-bond donors (Lipinski definition) is 2. The minimum absolute atomic E-state index is 0.0246. The van der Waals surface area contributed by atoms with E-state index >= 15 is 0 Å². The van der Waals surface area contributed by atoms with Gasteiger partial charge in [0.05, 0.1) is 28.4 Å². The molecule has 2 aromatic heterocycles. The van der Waals surface area contributed by atoms with Gasteiger partial charge in [-0.2, -0.15) is 0 Å². The molecular weight excluding hydrogens is 564 g/mol. The minimum Gasteiger partial charge on any atom is -0.493 e. The molecule has 0 unspecified atom stereocenters. The Morgan fingerprint density at radius 2 is 1.61 bits per heavy atom. The molecule has 0 radical (unpaired) electrons. The number of nitrogens with one attached hydrogen (secondary N) is 1. The van der Waals surface area contributed by atoms with Gasteiger partial charge in [0.15, 0.2) is 11.5 Å². The first-order valence-corrected chi connectivity index (χ1v) is 13.6. The average Bonchev–Trinajstić information content (AvgIpc) is 3.06. The predicted octanol–water partition coefficient (Wildman–Crippen LogP) is 5.07. The van der Waals surface area contributed by atoms with Crippen molar-refractivity contribution < 1.29 is 28.5 Å². The number of carbonyl (C=O) groups excluding carboxylic acids is 1. The predicted molar refractivity (Wildman–Crippen MR) is 169 cm³/mol. The summed E-state index contributed by atoms with van der Waals surface area (Å²) in [5.41, 5.74) is 9.02. The molecule has 3 aromatic carbocycles. The summed E-state index contributed by atoms with van der Waals surface area (Å²) in [4.78, 5) is 32.4. The molecule has 0 fully saturated rings. The van der Waals surface area contributed by atoms with Gasteiger partial charge >= 0.3 is 5.97 Å². The lowest BCUT2D eigenvalue weighted by molar-refractivity contribution is 0.0591. The molecule has 5 rings (SSSR count). The summed E-state index contributed by atoms with van der Waals surface area (Å²) in [7, 11) is 7.57. The summed E-state index contributed by atoms with van der Waals surface area (Å²) >= 11 is 0. The van der Waals surface area contributed by atoms with E-state index < -0.39 is 11.5 Å². The monoisotopic (exact) mass is 596 g/mol. The molecule has 0 saturated heterocycles. The van der Waals surface area contributed by atoms with Gasteiger partial charge in [0.25, 0.3) is 5.56 Å². The van der Waals surface area contributed by atoms with Crippen LogP contribution in [0.2, 0.25) is 0 Å². The SMILES string of the molecule is CNc1cccc(COc2ccc3c(-c4cc(OC)c(OC)c(OC)c4)c(C(=O)OC)n(-c4ccc(N)cc4)c(=O)c3n2)c1. The Balaban J connectivity index is 1.81. The summed E-state index contributed by atoms with van der Waals surface area (Å²) in [5, 5.41) is 3.49. The highest BCUT2D eigenvalue weighted by molar-refractivity contribution is 6.06. The fourth-order valence-electron chi connectivity index (χ4n) is 4.98. The molecule has 0 aliphatic rings. The Hall–Kier alpha value is -5.71. The van der Waals surface area contributed by atoms with Crippen LogP contribution in [0.25, 0.3) is 27.7 Å². The summed E-state index contributed by atoms with van der Waals surface area (Å²) < 4.78 is 29.2. The third-order valence-electron chi connectivity index (χ3n) is 7.09. The number of ether oxygens (including phenoxy) is 5. The number of anilines is 2. The smallest absolute Gasteiger partial charge is 0.355 e. The van der Waals surface area contributed by atoms with Crippen LogP contribution < -0.4 is 35.6 Å². The van der Waals surface area contributed by atoms with Gasteiger partial charge in [0, 0.05) is 41.1 Å². The Kier molecular flexibility index (Phi) is 8.56. The maximum atomic E-state index is 14.2. The Morgan fingerprint density at radius 3 is 2.23 bits per heavy atom. The van der Waals surface area contributed by atoms with Crippen LogP contribution in [0.5, 0.6) is 23.1 Å². The van der Waals surface area contributed by atoms with Crippen molar-refractivity contribution >= 4 is 28.2 Å². The molecule has 226 valence electrons. The topological polar surface area (TPSA) is 136 Å². The Bertz CT molecular complexity index is 1880. The second kappa shape index (κ2) is 12.7. The molecule has 11 heteroatoms. The highest BCUT2D eigenvalue weighted by Crippen LogP contribution is 2.43. The van der Waals surface area contributed by atoms with Crippen LogP contribution in [0.4, 0.5) is 11.4 Å². The van der Waals surface area contributed by atoms with E-state index in [0.29, 0.717) is 45.1 Å². The molecule has 0 saturated carbocycles. The van der Waals surface area contributed by atoms with E-state index in [1.165, 1.54) is 33.0 Å². The number of methoxy groups -OCH3 is 4. The first-order chi connectivity index (χ1) is 21.3. The van der Waals surface area contributed by atoms with Gasteiger partial charge in [0.2, 0.25) is 11.6 Å². The van der Waals surface area contributed by atoms with E-state index in [4.69, 9.17) is 29.4 Å². The second-order valence-electron chi connectivity index (χ2n) is 9.65. The number of aromatic nitrogens is 2. The third-order valence-corrected chi connectivity index (χ3v) is 7.09. The van der Waals surface area contributed by atoms with Crippen molar-refractivity contribution in [3.8, 4) is 39.9 Å². The maximum absolute atomic E-state index is 14.2. The van der Waals surface area contributed by atoms with E-state index in [0.717, 1.165) is 11.3 Å². The highest BCUT2D eigenvalue weighted by atomic mass is 16.5. The summed E-state index contributed by atoms with van der Waals surface area (Å²) in [6, 6.07) is 21.0. The van der Waals surface area contributed by atoms with Crippen LogP contribution in [-0.2, 0) is 11.3 Å². The van der Waals surface area contributed by atoms with Crippen LogP contribution in [0.3, 0.4) is 0 Å². The maximum Gasteiger partial charge on any atom is 0.355 e. The first kappa shape index (κ1) is 29.8. The van der Waals surface area contributed by atoms with Gasteiger partial charge in [-0.25, -0.2) is 9.78 Å². The summed E-state index contributed by atoms with van der Waals surface area (Å²) in [5.74, 6) is 0.565. The number of rotatable bonds is 10. The lowest BCUT2D eigenvalue weighted by Crippen LogP contribution is -2.27. The zero-order valence-corrected chi connectivity index (χ0v) is 25.0. The van der Waals surface area contributed by atoms with E-state index in [-0.39, 0.29) is 23.7 Å². The highest BCUT2D eigenvalue weighted by Gasteiger charge is 2.28. The molecule has 44 heavy (non-hydrogen) atoms. The number of esters is 1. The number of nitrogen functional groups attached to an aromatic ring is 1. The lowest BCUT2D eigenvalue weighted by atomic mass is 9.97. The molecule has 2 heterocycles. The number of nitrogens with zero attached hydrogens (tertiary/aromatic N) is 2. The van der Waals surface area contributed by atoms with Crippen molar-refractivity contribution in [3.63, 3.8) is 0 Å². The quantitative estimate of drug-likeness (QED) is 0.166. The number of fused-ring (bicyclic) bond motifs is 1. The number of nitrogens with two attached hydrogens (primary N) is 1. The second-order valence-corrected chi connectivity index (χ2v) is 9.65. The molecule has 0 spiro atoms. The van der Waals surface area contributed by atoms with E-state index in [2.05, 4.69) is 10.3 Å². The van der Waals surface area contributed by atoms with Crippen molar-refractivity contribution in [2.45, 2.75) is 6.61 Å². The van der Waals surface area contributed by atoms with E-state index in [9.17, 15) is 9.59 Å². The van der Waals surface area contributed by atoms with Gasteiger partial charge in [-0.05, 0) is 65.7 Å². The van der Waals surface area contributed by atoms with Crippen molar-refractivity contribution in [1.82, 2.24) is 9.55 Å². The van der Waals surface area contributed by atoms with Gasteiger partial charge in [-0.3, -0.25) is 9.36 Å². The number of pyridine rings is 2. The van der Waals surface area contributed by atoms with Crippen LogP contribution in [0, 0.1) is 0 Å². The molecule has 0 amide bonds. The lowest BCUT2D eigenvalue weighted by Gasteiger charge is -2.20. The Morgan fingerprint density at radius 1 is 0.909 bits per heavy atom. The molecule has 0 bridgehead atoms. The molecule has 11 nitrogen and oxygen atoms in total. The van der Waals surface area contributed by atoms with Crippen molar-refractivity contribution in [3.05, 3.63) is 94.4 Å². The minimum atomic E-state index is -0.741. The van der Waals surface area contributed by atoms with Crippen LogP contribution >= 0.6 is 0 Å². The molecule has 0 aliphatic carbocycles. The standard InChI is InChI=1S/C33H32N4O7/c1-35-22-8-6-7-19(15-22)18-44-27-14-13-24-28(20-16-25(40-2)31(42-4)26(17-20)41-3)30(33(39)43-5)37(32(38)29(24)36-27)23-11-9-21(34)10-12-23/h6-17,35H,18,34H2,1-5H3. The summed E-state index contributed by atoms with van der Waals surface area (Å²) in [6.45, 7) is 0.222. The van der Waals surface area contributed by atoms with E-state index in [1.807, 2.05) is 31.3 Å². The van der Waals surface area contributed by atoms with Crippen LogP contribution in [0.15, 0.2) is 77.6 Å². The van der Waals surface area contributed by atoms with Crippen molar-refractivity contribution in [2.24, 2.45) is 0 Å². The van der Waals surface area contributed by atoms with Gasteiger partial charge in [0.1, 0.15) is 17.8 Å². The van der Waals surface area contributed by atoms with E-state index in [1.54, 1.807) is 48.5 Å². The largest absolute Gasteiger partial charge is 0.493 e. The molecular formula is C33H32N4O7. The number of hydrogen-bond acceptors (Lipinski definition) is 10. The number of benzene rings is 3. The van der Waals surface area contributed by atoms with Crippen molar-refractivity contribution in [1.29, 1.82) is 0 Å². The summed E-state index contributed by atoms with van der Waals surface area (Å²) in [6.07, 6.45) is 0. The van der Waals surface area contributed by atoms with Gasteiger partial charge in [-0.1, -0.05) is 12.1 Å². The zero-order valence-electron chi connectivity index (χ0n) is 25.0. The molecule has 5 aromatic rings. The number of carbonyl (C=O) groups is 1. The average molecular weight is 597 g/mol. The fraction of sp³-hybridized carbons (Fsp3) is 0.182. The Labute approximate surface area is 253 Å². The van der Waals surface area contributed by atoms with Crippen LogP contribution in [-0.4, -0.2) is 51.0 Å². The molecule has 3 N–H and O–H groups in total. The van der Waals surface area contributed by atoms with Gasteiger partial charge in [-0.15, -0.1) is 0 Å².